The lowest BCUT2D eigenvalue weighted by atomic mass is 10.1. The standard InChI is InChI=1S/C15H12N4OS/c16-15-19-12(10-5-2-1-3-6-10)13(21-15)14(20)18-11-7-4-8-17-9-11/h1-9H,(H2,16,19)(H,18,20). The zero-order chi connectivity index (χ0) is 14.7. The largest absolute Gasteiger partial charge is 0.375 e. The number of aromatic nitrogens is 2. The third-order valence-corrected chi connectivity index (χ3v) is 3.70. The van der Waals surface area contributed by atoms with Gasteiger partial charge in [0.05, 0.1) is 17.6 Å². The van der Waals surface area contributed by atoms with Gasteiger partial charge in [0.15, 0.2) is 5.13 Å². The first-order chi connectivity index (χ1) is 10.2. The number of pyridine rings is 1. The SMILES string of the molecule is Nc1nc(-c2ccccc2)c(C(=O)Nc2cccnc2)s1. The van der Waals surface area contributed by atoms with Gasteiger partial charge in [-0.25, -0.2) is 4.98 Å². The molecule has 21 heavy (non-hydrogen) atoms. The first-order valence-corrected chi connectivity index (χ1v) is 7.09. The maximum atomic E-state index is 12.4. The van der Waals surface area contributed by atoms with E-state index in [0.717, 1.165) is 5.56 Å². The maximum Gasteiger partial charge on any atom is 0.268 e. The Kier molecular flexibility index (Phi) is 3.61. The number of carbonyl (C=O) groups is 1. The second-order valence-corrected chi connectivity index (χ2v) is 5.32. The number of carbonyl (C=O) groups excluding carboxylic acids is 1. The highest BCUT2D eigenvalue weighted by Crippen LogP contribution is 2.30. The van der Waals surface area contributed by atoms with Crippen LogP contribution in [0.5, 0.6) is 0 Å². The molecule has 2 heterocycles. The van der Waals surface area contributed by atoms with E-state index in [4.69, 9.17) is 5.73 Å². The summed E-state index contributed by atoms with van der Waals surface area (Å²) in [5.74, 6) is -0.240. The monoisotopic (exact) mass is 296 g/mol. The van der Waals surface area contributed by atoms with Crippen molar-refractivity contribution in [1.82, 2.24) is 9.97 Å². The van der Waals surface area contributed by atoms with Gasteiger partial charge in [-0.05, 0) is 12.1 Å². The van der Waals surface area contributed by atoms with Crippen LogP contribution in [0.1, 0.15) is 9.67 Å². The van der Waals surface area contributed by atoms with E-state index in [-0.39, 0.29) is 5.91 Å². The topological polar surface area (TPSA) is 80.9 Å². The van der Waals surface area contributed by atoms with Gasteiger partial charge in [0.25, 0.3) is 5.91 Å². The summed E-state index contributed by atoms with van der Waals surface area (Å²) in [6, 6.07) is 13.0. The fourth-order valence-corrected chi connectivity index (χ4v) is 2.66. The number of nitrogen functional groups attached to an aromatic ring is 1. The second kappa shape index (κ2) is 5.72. The molecule has 0 fully saturated rings. The van der Waals surface area contributed by atoms with Gasteiger partial charge >= 0.3 is 0 Å². The van der Waals surface area contributed by atoms with E-state index in [1.54, 1.807) is 24.5 Å². The fraction of sp³-hybridized carbons (Fsp3) is 0. The van der Waals surface area contributed by atoms with Crippen LogP contribution in [0.3, 0.4) is 0 Å². The molecule has 1 aromatic carbocycles. The first-order valence-electron chi connectivity index (χ1n) is 6.27. The van der Waals surface area contributed by atoms with E-state index in [1.807, 2.05) is 30.3 Å². The average Bonchev–Trinajstić information content (AvgIpc) is 2.91. The average molecular weight is 296 g/mol. The van der Waals surface area contributed by atoms with Crippen LogP contribution in [-0.4, -0.2) is 15.9 Å². The lowest BCUT2D eigenvalue weighted by Crippen LogP contribution is -2.11. The number of nitrogens with two attached hydrogens (primary N) is 1. The highest BCUT2D eigenvalue weighted by atomic mass is 32.1. The molecule has 0 saturated heterocycles. The molecule has 0 spiro atoms. The predicted molar refractivity (Wildman–Crippen MR) is 84.2 cm³/mol. The van der Waals surface area contributed by atoms with Crippen molar-refractivity contribution in [1.29, 1.82) is 0 Å². The normalized spacial score (nSPS) is 10.3. The Hall–Kier alpha value is -2.73. The molecule has 5 nitrogen and oxygen atoms in total. The van der Waals surface area contributed by atoms with Crippen LogP contribution >= 0.6 is 11.3 Å². The molecular weight excluding hydrogens is 284 g/mol. The molecule has 1 amide bonds. The lowest BCUT2D eigenvalue weighted by Gasteiger charge is -2.04. The van der Waals surface area contributed by atoms with Crippen LogP contribution < -0.4 is 11.1 Å². The Balaban J connectivity index is 1.94. The minimum absolute atomic E-state index is 0.240. The smallest absolute Gasteiger partial charge is 0.268 e. The van der Waals surface area contributed by atoms with Crippen molar-refractivity contribution < 1.29 is 4.79 Å². The van der Waals surface area contributed by atoms with Crippen LogP contribution in [0.15, 0.2) is 54.9 Å². The van der Waals surface area contributed by atoms with Gasteiger partial charge < -0.3 is 11.1 Å². The molecule has 104 valence electrons. The third-order valence-electron chi connectivity index (χ3n) is 2.82. The number of benzene rings is 1. The molecule has 0 radical (unpaired) electrons. The Morgan fingerprint density at radius 3 is 2.67 bits per heavy atom. The van der Waals surface area contributed by atoms with Crippen LogP contribution in [0.2, 0.25) is 0 Å². The predicted octanol–water partition coefficient (Wildman–Crippen LogP) is 3.04. The van der Waals surface area contributed by atoms with Crippen molar-refractivity contribution in [2.45, 2.75) is 0 Å². The van der Waals surface area contributed by atoms with Crippen molar-refractivity contribution in [3.63, 3.8) is 0 Å². The maximum absolute atomic E-state index is 12.4. The highest BCUT2D eigenvalue weighted by Gasteiger charge is 2.18. The number of nitrogens with zero attached hydrogens (tertiary/aromatic N) is 2. The van der Waals surface area contributed by atoms with Crippen LogP contribution in [0.25, 0.3) is 11.3 Å². The molecule has 6 heteroatoms. The Morgan fingerprint density at radius 1 is 1.14 bits per heavy atom. The molecule has 0 aliphatic heterocycles. The van der Waals surface area contributed by atoms with Crippen molar-refractivity contribution in [3.05, 3.63) is 59.7 Å². The van der Waals surface area contributed by atoms with Crippen molar-refractivity contribution in [3.8, 4) is 11.3 Å². The number of nitrogens with one attached hydrogen (secondary N) is 1. The summed E-state index contributed by atoms with van der Waals surface area (Å²) in [5.41, 5.74) is 7.86. The Bertz CT molecular complexity index is 756. The summed E-state index contributed by atoms with van der Waals surface area (Å²) in [7, 11) is 0. The van der Waals surface area contributed by atoms with Crippen molar-refractivity contribution in [2.24, 2.45) is 0 Å². The molecule has 0 aliphatic carbocycles. The summed E-state index contributed by atoms with van der Waals surface area (Å²) in [4.78, 5) is 21.1. The minimum atomic E-state index is -0.240. The van der Waals surface area contributed by atoms with Gasteiger partial charge in [-0.3, -0.25) is 9.78 Å². The molecule has 0 bridgehead atoms. The number of rotatable bonds is 3. The van der Waals surface area contributed by atoms with Gasteiger partial charge in [-0.1, -0.05) is 41.7 Å². The molecule has 3 rings (SSSR count). The zero-order valence-corrected chi connectivity index (χ0v) is 11.8. The number of anilines is 2. The number of hydrogen-bond acceptors (Lipinski definition) is 5. The number of amides is 1. The Labute approximate surface area is 125 Å². The molecular formula is C15H12N4OS. The van der Waals surface area contributed by atoms with Gasteiger partial charge in [0.1, 0.15) is 4.88 Å². The van der Waals surface area contributed by atoms with Gasteiger partial charge in [0.2, 0.25) is 0 Å². The van der Waals surface area contributed by atoms with Crippen molar-refractivity contribution in [2.75, 3.05) is 11.1 Å². The molecule has 0 saturated carbocycles. The summed E-state index contributed by atoms with van der Waals surface area (Å²) in [6.07, 6.45) is 3.24. The van der Waals surface area contributed by atoms with E-state index >= 15 is 0 Å². The second-order valence-electron chi connectivity index (χ2n) is 4.29. The molecule has 0 unspecified atom stereocenters. The minimum Gasteiger partial charge on any atom is -0.375 e. The van der Waals surface area contributed by atoms with E-state index in [1.165, 1.54) is 11.3 Å². The molecule has 3 aromatic rings. The van der Waals surface area contributed by atoms with Gasteiger partial charge in [-0.15, -0.1) is 0 Å². The molecule has 0 aliphatic rings. The fourth-order valence-electron chi connectivity index (χ4n) is 1.91. The Morgan fingerprint density at radius 2 is 1.95 bits per heavy atom. The van der Waals surface area contributed by atoms with E-state index in [2.05, 4.69) is 15.3 Å². The van der Waals surface area contributed by atoms with E-state index in [9.17, 15) is 4.79 Å². The van der Waals surface area contributed by atoms with Crippen LogP contribution in [0.4, 0.5) is 10.8 Å². The zero-order valence-electron chi connectivity index (χ0n) is 11.0. The van der Waals surface area contributed by atoms with Crippen molar-refractivity contribution >= 4 is 28.1 Å². The molecule has 3 N–H and O–H groups in total. The summed E-state index contributed by atoms with van der Waals surface area (Å²) in [5, 5.41) is 3.16. The first kappa shape index (κ1) is 13.3. The molecule has 2 aromatic heterocycles. The number of hydrogen-bond donors (Lipinski definition) is 2. The lowest BCUT2D eigenvalue weighted by molar-refractivity contribution is 0.103. The number of thiazole rings is 1. The van der Waals surface area contributed by atoms with Gasteiger partial charge in [0, 0.05) is 11.8 Å². The summed E-state index contributed by atoms with van der Waals surface area (Å²) in [6.45, 7) is 0. The molecule has 0 atom stereocenters. The highest BCUT2D eigenvalue weighted by molar-refractivity contribution is 7.17. The van der Waals surface area contributed by atoms with Crippen LogP contribution in [0, 0.1) is 0 Å². The van der Waals surface area contributed by atoms with E-state index in [0.29, 0.717) is 21.4 Å². The van der Waals surface area contributed by atoms with Gasteiger partial charge in [-0.2, -0.15) is 0 Å². The quantitative estimate of drug-likeness (QED) is 0.778. The van der Waals surface area contributed by atoms with Crippen LogP contribution in [-0.2, 0) is 0 Å². The summed E-state index contributed by atoms with van der Waals surface area (Å²) >= 11 is 1.17. The third kappa shape index (κ3) is 2.90. The van der Waals surface area contributed by atoms with E-state index < -0.39 is 0 Å². The summed E-state index contributed by atoms with van der Waals surface area (Å²) < 4.78 is 0.